The second-order valence-electron chi connectivity index (χ2n) is 22.3. The van der Waals surface area contributed by atoms with Crippen LogP contribution in [0.4, 0.5) is 15.9 Å². The van der Waals surface area contributed by atoms with Gasteiger partial charge in [0.1, 0.15) is 28.8 Å². The molecule has 8 aliphatic rings. The molecule has 5 saturated heterocycles. The fourth-order valence-corrected chi connectivity index (χ4v) is 13.7. The number of carbonyl (C=O) groups is 3. The highest BCUT2D eigenvalue weighted by molar-refractivity contribution is 6.06. The molecule has 2 saturated carbocycles. The number of piperazine rings is 2. The predicted octanol–water partition coefficient (Wildman–Crippen LogP) is 6.18. The summed E-state index contributed by atoms with van der Waals surface area (Å²) in [4.78, 5) is 63.8. The number of rotatable bonds is 11. The minimum atomic E-state index is -0.602. The molecule has 8 heterocycles. The third-order valence-corrected chi connectivity index (χ3v) is 17.7. The number of halogens is 1. The van der Waals surface area contributed by atoms with Crippen molar-refractivity contribution in [2.75, 3.05) is 75.3 Å². The second kappa shape index (κ2) is 17.4. The number of pyridine rings is 1. The first-order valence-corrected chi connectivity index (χ1v) is 26.2. The Balaban J connectivity index is 0.638. The largest absolute Gasteiger partial charge is 0.508 e. The van der Waals surface area contributed by atoms with Crippen LogP contribution in [-0.4, -0.2) is 142 Å². The number of phenols is 1. The zero-order valence-electron chi connectivity index (χ0n) is 40.6. The lowest BCUT2D eigenvalue weighted by molar-refractivity contribution is -0.136. The fourth-order valence-electron chi connectivity index (χ4n) is 13.7. The lowest BCUT2D eigenvalue weighted by Gasteiger charge is -2.55. The van der Waals surface area contributed by atoms with Crippen LogP contribution >= 0.6 is 0 Å². The summed E-state index contributed by atoms with van der Waals surface area (Å²) in [6.45, 7) is 11.7. The van der Waals surface area contributed by atoms with Gasteiger partial charge in [-0.2, -0.15) is 9.97 Å². The van der Waals surface area contributed by atoms with Crippen LogP contribution in [0.15, 0.2) is 54.7 Å². The summed E-state index contributed by atoms with van der Waals surface area (Å²) in [6.07, 6.45) is 12.4. The minimum Gasteiger partial charge on any atom is -0.508 e. The number of amides is 3. The number of phenolic OH excluding ortho intramolecular Hbond substituents is 1. The first kappa shape index (κ1) is 44.9. The highest BCUT2D eigenvalue weighted by Crippen LogP contribution is 2.51. The van der Waals surface area contributed by atoms with E-state index in [1.807, 2.05) is 30.3 Å². The molecule has 2 aliphatic carbocycles. The van der Waals surface area contributed by atoms with Gasteiger partial charge in [-0.1, -0.05) is 25.1 Å². The minimum absolute atomic E-state index is 0.0331. The molecule has 3 atom stereocenters. The number of hydrogen-bond acceptors (Lipinski definition) is 13. The van der Waals surface area contributed by atoms with Crippen LogP contribution in [0.5, 0.6) is 11.8 Å². The lowest BCUT2D eigenvalue weighted by Crippen LogP contribution is -2.60. The fraction of sp³-hybridized carbons (Fsp3) is 0.527. The number of piperidine rings is 1. The molecule has 370 valence electrons. The quantitative estimate of drug-likeness (QED) is 0.129. The smallest absolute Gasteiger partial charge is 0.319 e. The Labute approximate surface area is 413 Å². The molecule has 2 unspecified atom stereocenters. The van der Waals surface area contributed by atoms with Crippen LogP contribution < -0.4 is 25.2 Å². The SMILES string of the molecule is CCc1cccc2cc(O)cc(-c3ncc4c(N5CC6CCC(C5)N6)nc(OCC5(CN6CC7(CCC(N8CCN(c9ccc%10c(c9)CN([C@H]9CCC(=O)NC9=O)C%10=O)CC8)CC7)C6)CC5)nc4c3F)c12. The van der Waals surface area contributed by atoms with Crippen molar-refractivity contribution in [2.24, 2.45) is 10.8 Å². The Morgan fingerprint density at radius 1 is 0.873 bits per heavy atom. The number of nitrogens with one attached hydrogen (secondary N) is 2. The second-order valence-corrected chi connectivity index (χ2v) is 22.3. The summed E-state index contributed by atoms with van der Waals surface area (Å²) in [5.74, 6) is -0.588. The van der Waals surface area contributed by atoms with E-state index in [1.165, 1.54) is 25.7 Å². The standard InChI is InChI=1S/C55H63FN10O5/c1-2-33-4-3-5-34-23-40(67)24-42(46(33)34)48-47(56)49-43(25-57-48)50(65-27-36-6-7-37(28-65)58-36)61-53(60-49)71-32-55(16-17-55)31-62-29-54(30-62)14-12-38(13-15-54)63-18-20-64(21-19-63)39-8-9-41-35(22-39)26-66(52(41)70)44-10-11-45(68)59-51(44)69/h3-5,8-9,22-25,36-38,44,58,67H,2,6-7,10-21,26-32H2,1H3,(H,59,68,69)/t36?,37?,44-/m0/s1. The van der Waals surface area contributed by atoms with Crippen molar-refractivity contribution >= 4 is 50.9 Å². The van der Waals surface area contributed by atoms with Gasteiger partial charge in [-0.3, -0.25) is 29.6 Å². The van der Waals surface area contributed by atoms with Gasteiger partial charge >= 0.3 is 6.01 Å². The van der Waals surface area contributed by atoms with Crippen LogP contribution in [0.1, 0.15) is 92.6 Å². The van der Waals surface area contributed by atoms with E-state index in [0.29, 0.717) is 65.4 Å². The number of fused-ring (bicyclic) bond motifs is 5. The normalized spacial score (nSPS) is 25.3. The number of imide groups is 1. The molecule has 15 nitrogen and oxygen atoms in total. The molecule has 13 rings (SSSR count). The molecule has 7 fully saturated rings. The molecule has 1 spiro atoms. The zero-order chi connectivity index (χ0) is 48.2. The van der Waals surface area contributed by atoms with Gasteiger partial charge in [0.15, 0.2) is 5.82 Å². The first-order valence-electron chi connectivity index (χ1n) is 26.2. The van der Waals surface area contributed by atoms with E-state index < -0.39 is 11.9 Å². The Morgan fingerprint density at radius 3 is 2.41 bits per heavy atom. The van der Waals surface area contributed by atoms with Crippen LogP contribution in [-0.2, 0) is 22.6 Å². The van der Waals surface area contributed by atoms with E-state index in [4.69, 9.17) is 19.7 Å². The maximum absolute atomic E-state index is 17.2. The average Bonchev–Trinajstić information content (AvgIpc) is 3.95. The third kappa shape index (κ3) is 8.13. The van der Waals surface area contributed by atoms with Gasteiger partial charge in [-0.25, -0.2) is 4.39 Å². The van der Waals surface area contributed by atoms with Crippen LogP contribution in [0, 0.1) is 16.6 Å². The molecule has 16 heteroatoms. The van der Waals surface area contributed by atoms with E-state index in [-0.39, 0.29) is 52.5 Å². The highest BCUT2D eigenvalue weighted by Gasteiger charge is 2.52. The van der Waals surface area contributed by atoms with Crippen molar-refractivity contribution in [3.05, 3.63) is 77.2 Å². The van der Waals surface area contributed by atoms with Crippen LogP contribution in [0.2, 0.25) is 0 Å². The Kier molecular flexibility index (Phi) is 11.0. The topological polar surface area (TPSA) is 160 Å². The molecule has 3 amide bonds. The molecule has 3 aromatic carbocycles. The number of nitrogens with zero attached hydrogens (tertiary/aromatic N) is 8. The van der Waals surface area contributed by atoms with Crippen LogP contribution in [0.25, 0.3) is 32.9 Å². The molecule has 3 N–H and O–H groups in total. The van der Waals surface area contributed by atoms with Crippen molar-refractivity contribution in [3.8, 4) is 23.0 Å². The number of ether oxygens (including phenoxy) is 1. The van der Waals surface area contributed by atoms with Crippen molar-refractivity contribution in [2.45, 2.75) is 108 Å². The van der Waals surface area contributed by atoms with Gasteiger partial charge in [-0.15, -0.1) is 0 Å². The Morgan fingerprint density at radius 2 is 1.66 bits per heavy atom. The lowest BCUT2D eigenvalue weighted by atomic mass is 9.67. The van der Waals surface area contributed by atoms with Gasteiger partial charge in [0.2, 0.25) is 11.8 Å². The Hall–Kier alpha value is -5.97. The highest BCUT2D eigenvalue weighted by atomic mass is 19.1. The number of anilines is 2. The van der Waals surface area contributed by atoms with Crippen molar-refractivity contribution in [1.29, 1.82) is 0 Å². The monoisotopic (exact) mass is 962 g/mol. The third-order valence-electron chi connectivity index (χ3n) is 17.7. The first-order chi connectivity index (χ1) is 34.5. The van der Waals surface area contributed by atoms with Gasteiger partial charge < -0.3 is 34.8 Å². The number of benzene rings is 3. The summed E-state index contributed by atoms with van der Waals surface area (Å²) < 4.78 is 23.8. The van der Waals surface area contributed by atoms with Crippen molar-refractivity contribution in [1.82, 2.24) is 40.3 Å². The average molecular weight is 963 g/mol. The number of hydrogen-bond donors (Lipinski definition) is 3. The summed E-state index contributed by atoms with van der Waals surface area (Å²) >= 11 is 0. The van der Waals surface area contributed by atoms with Crippen molar-refractivity contribution in [3.63, 3.8) is 0 Å². The maximum Gasteiger partial charge on any atom is 0.319 e. The number of aryl methyl sites for hydroxylation is 1. The van der Waals surface area contributed by atoms with Gasteiger partial charge in [0, 0.05) is 118 Å². The number of likely N-dealkylation sites (tertiary alicyclic amines) is 1. The molecule has 6 aliphatic heterocycles. The van der Waals surface area contributed by atoms with Gasteiger partial charge in [0.05, 0.1) is 12.0 Å². The van der Waals surface area contributed by atoms with E-state index in [2.05, 4.69) is 43.2 Å². The predicted molar refractivity (Wildman–Crippen MR) is 268 cm³/mol. The zero-order valence-corrected chi connectivity index (χ0v) is 40.6. The van der Waals surface area contributed by atoms with E-state index in [9.17, 15) is 19.5 Å². The van der Waals surface area contributed by atoms with Crippen LogP contribution in [0.3, 0.4) is 0 Å². The Bertz CT molecular complexity index is 2970. The van der Waals surface area contributed by atoms with E-state index >= 15 is 4.39 Å². The number of aromatic nitrogens is 3. The molecule has 71 heavy (non-hydrogen) atoms. The molecular weight excluding hydrogens is 900 g/mol. The molecular formula is C55H63FN10O5. The van der Waals surface area contributed by atoms with Gasteiger partial charge in [0.25, 0.3) is 5.91 Å². The number of aromatic hydroxyl groups is 1. The molecule has 2 bridgehead atoms. The van der Waals surface area contributed by atoms with E-state index in [0.717, 1.165) is 119 Å². The number of carbonyl (C=O) groups excluding carboxylic acids is 3. The van der Waals surface area contributed by atoms with Gasteiger partial charge in [-0.05, 0) is 122 Å². The molecule has 5 aromatic rings. The summed E-state index contributed by atoms with van der Waals surface area (Å²) in [5, 5.41) is 19.2. The summed E-state index contributed by atoms with van der Waals surface area (Å²) in [5.41, 5.74) is 5.11. The maximum atomic E-state index is 17.2. The molecule has 0 radical (unpaired) electrons. The summed E-state index contributed by atoms with van der Waals surface area (Å²) in [6, 6.07) is 16.3. The summed E-state index contributed by atoms with van der Waals surface area (Å²) in [7, 11) is 0. The van der Waals surface area contributed by atoms with Crippen molar-refractivity contribution < 1.29 is 28.6 Å². The molecule has 2 aromatic heterocycles. The van der Waals surface area contributed by atoms with E-state index in [1.54, 1.807) is 23.2 Å².